The van der Waals surface area contributed by atoms with Crippen molar-refractivity contribution in [3.05, 3.63) is 29.6 Å². The number of hydrogen-bond acceptors (Lipinski definition) is 2. The molecule has 0 atom stereocenters. The van der Waals surface area contributed by atoms with Crippen molar-refractivity contribution in [2.24, 2.45) is 0 Å². The Morgan fingerprint density at radius 1 is 1.60 bits per heavy atom. The molecule has 0 saturated carbocycles. The van der Waals surface area contributed by atoms with E-state index < -0.39 is 11.8 Å². The summed E-state index contributed by atoms with van der Waals surface area (Å²) in [7, 11) is 0. The van der Waals surface area contributed by atoms with Gasteiger partial charge in [-0.15, -0.1) is 0 Å². The molecule has 78 valence electrons. The van der Waals surface area contributed by atoms with Crippen LogP contribution in [0.4, 0.5) is 8.78 Å². The first-order chi connectivity index (χ1) is 7.09. The topological polar surface area (TPSA) is 42.0 Å². The number of hydrogen-bond donors (Lipinski definition) is 1. The molecule has 0 aliphatic carbocycles. The minimum atomic E-state index is -1.15. The van der Waals surface area contributed by atoms with Crippen LogP contribution in [0.1, 0.15) is 12.5 Å². The summed E-state index contributed by atoms with van der Waals surface area (Å²) in [5, 5.41) is 2.44. The Hall–Kier alpha value is -1.96. The summed E-state index contributed by atoms with van der Waals surface area (Å²) in [4.78, 5) is 13.6. The van der Waals surface area contributed by atoms with Crippen molar-refractivity contribution in [3.63, 3.8) is 0 Å². The molecule has 1 amide bonds. The molecule has 1 heterocycles. The van der Waals surface area contributed by atoms with Crippen LogP contribution in [0.3, 0.4) is 0 Å². The van der Waals surface area contributed by atoms with Crippen LogP contribution >= 0.6 is 0 Å². The molecule has 0 aromatic carbocycles. The van der Waals surface area contributed by atoms with Crippen molar-refractivity contribution < 1.29 is 13.6 Å². The van der Waals surface area contributed by atoms with E-state index in [1.54, 1.807) is 0 Å². The third kappa shape index (κ3) is 3.73. The molecule has 0 unspecified atom stereocenters. The number of nitrogens with one attached hydrogen (secondary N) is 1. The van der Waals surface area contributed by atoms with Crippen LogP contribution in [0.5, 0.6) is 0 Å². The summed E-state index contributed by atoms with van der Waals surface area (Å²) in [5.74, 6) is 2.71. The van der Waals surface area contributed by atoms with E-state index >= 15 is 0 Å². The van der Waals surface area contributed by atoms with E-state index in [0.717, 1.165) is 12.3 Å². The molecule has 0 bridgehead atoms. The molecule has 1 rings (SSSR count). The van der Waals surface area contributed by atoms with Crippen molar-refractivity contribution in [2.45, 2.75) is 6.92 Å². The zero-order valence-corrected chi connectivity index (χ0v) is 7.97. The highest BCUT2D eigenvalue weighted by Gasteiger charge is 2.01. The lowest BCUT2D eigenvalue weighted by Gasteiger charge is -1.93. The van der Waals surface area contributed by atoms with Gasteiger partial charge in [-0.25, -0.2) is 9.37 Å². The number of carbonyl (C=O) groups excluding carboxylic acids is 1. The van der Waals surface area contributed by atoms with E-state index in [4.69, 9.17) is 0 Å². The summed E-state index contributed by atoms with van der Waals surface area (Å²) >= 11 is 0. The van der Waals surface area contributed by atoms with E-state index in [-0.39, 0.29) is 18.0 Å². The lowest BCUT2D eigenvalue weighted by molar-refractivity contribution is -0.118. The summed E-state index contributed by atoms with van der Waals surface area (Å²) in [5.41, 5.74) is 0.263. The largest absolute Gasteiger partial charge is 0.345 e. The zero-order chi connectivity index (χ0) is 11.3. The highest BCUT2D eigenvalue weighted by molar-refractivity contribution is 5.73. The molecule has 15 heavy (non-hydrogen) atoms. The van der Waals surface area contributed by atoms with Gasteiger partial charge in [-0.2, -0.15) is 4.39 Å². The first-order valence-corrected chi connectivity index (χ1v) is 4.14. The Labute approximate surface area is 85.5 Å². The Morgan fingerprint density at radius 3 is 2.93 bits per heavy atom. The van der Waals surface area contributed by atoms with Crippen molar-refractivity contribution in [3.8, 4) is 11.8 Å². The van der Waals surface area contributed by atoms with Crippen molar-refractivity contribution >= 4 is 5.91 Å². The summed E-state index contributed by atoms with van der Waals surface area (Å²) in [6, 6.07) is 0.948. The second-order valence-corrected chi connectivity index (χ2v) is 2.71. The van der Waals surface area contributed by atoms with Crippen LogP contribution in [0.15, 0.2) is 12.3 Å². The van der Waals surface area contributed by atoms with Crippen LogP contribution in [-0.2, 0) is 4.79 Å². The van der Waals surface area contributed by atoms with Gasteiger partial charge in [-0.05, 0) is 6.07 Å². The standard InChI is InChI=1S/C10H8F2N2O/c1-7(15)13-4-2-3-8-5-9(11)10(12)14-6-8/h5-6H,4H2,1H3,(H,13,15). The van der Waals surface area contributed by atoms with Gasteiger partial charge < -0.3 is 5.32 Å². The Bertz CT molecular complexity index is 435. The molecule has 0 aliphatic heterocycles. The van der Waals surface area contributed by atoms with Crippen LogP contribution in [0, 0.1) is 23.6 Å². The molecule has 0 radical (unpaired) electrons. The zero-order valence-electron chi connectivity index (χ0n) is 7.97. The third-order valence-corrected chi connectivity index (χ3v) is 1.45. The van der Waals surface area contributed by atoms with Gasteiger partial charge in [0.15, 0.2) is 5.82 Å². The number of pyridine rings is 1. The highest BCUT2D eigenvalue weighted by Crippen LogP contribution is 2.03. The Kier molecular flexibility index (Phi) is 3.75. The average molecular weight is 210 g/mol. The van der Waals surface area contributed by atoms with Gasteiger partial charge in [0, 0.05) is 18.7 Å². The number of rotatable bonds is 1. The fourth-order valence-corrected chi connectivity index (χ4v) is 0.805. The van der Waals surface area contributed by atoms with Crippen molar-refractivity contribution in [1.82, 2.24) is 10.3 Å². The van der Waals surface area contributed by atoms with Gasteiger partial charge in [0.1, 0.15) is 0 Å². The molecule has 1 aromatic heterocycles. The monoisotopic (exact) mass is 210 g/mol. The molecule has 0 fully saturated rings. The van der Waals surface area contributed by atoms with Crippen molar-refractivity contribution in [2.75, 3.05) is 6.54 Å². The van der Waals surface area contributed by atoms with Gasteiger partial charge in [-0.1, -0.05) is 11.8 Å². The molecule has 5 heteroatoms. The average Bonchev–Trinajstić information content (AvgIpc) is 2.18. The van der Waals surface area contributed by atoms with Crippen molar-refractivity contribution in [1.29, 1.82) is 0 Å². The molecular formula is C10H8F2N2O. The summed E-state index contributed by atoms with van der Waals surface area (Å²) in [6.45, 7) is 1.52. The maximum atomic E-state index is 12.6. The van der Waals surface area contributed by atoms with Crippen LogP contribution < -0.4 is 5.32 Å². The summed E-state index contributed by atoms with van der Waals surface area (Å²) < 4.78 is 25.0. The highest BCUT2D eigenvalue weighted by atomic mass is 19.2. The maximum absolute atomic E-state index is 12.6. The van der Waals surface area contributed by atoms with Gasteiger partial charge in [0.2, 0.25) is 11.9 Å². The normalized spacial score (nSPS) is 9.00. The lowest BCUT2D eigenvalue weighted by Crippen LogP contribution is -2.19. The van der Waals surface area contributed by atoms with E-state index in [9.17, 15) is 13.6 Å². The SMILES string of the molecule is CC(=O)NCC#Cc1cnc(F)c(F)c1. The third-order valence-electron chi connectivity index (χ3n) is 1.45. The number of aromatic nitrogens is 1. The Morgan fingerprint density at radius 2 is 2.33 bits per heavy atom. The van der Waals surface area contributed by atoms with E-state index in [2.05, 4.69) is 22.1 Å². The van der Waals surface area contributed by atoms with E-state index in [1.165, 1.54) is 6.92 Å². The molecular weight excluding hydrogens is 202 g/mol. The van der Waals surface area contributed by atoms with Gasteiger partial charge >= 0.3 is 0 Å². The molecule has 3 nitrogen and oxygen atoms in total. The smallest absolute Gasteiger partial charge is 0.248 e. The molecule has 1 aromatic rings. The maximum Gasteiger partial charge on any atom is 0.248 e. The van der Waals surface area contributed by atoms with Gasteiger partial charge in [-0.3, -0.25) is 4.79 Å². The predicted octanol–water partition coefficient (Wildman–Crippen LogP) is 0.847. The first-order valence-electron chi connectivity index (χ1n) is 4.14. The number of halogens is 2. The number of nitrogens with zero attached hydrogens (tertiary/aromatic N) is 1. The number of amides is 1. The van der Waals surface area contributed by atoms with Gasteiger partial charge in [0.05, 0.1) is 6.54 Å². The molecule has 0 spiro atoms. The van der Waals surface area contributed by atoms with E-state index in [1.807, 2.05) is 0 Å². The quantitative estimate of drug-likeness (QED) is 0.551. The minimum Gasteiger partial charge on any atom is -0.345 e. The fourth-order valence-electron chi connectivity index (χ4n) is 0.805. The van der Waals surface area contributed by atoms with Crippen LogP contribution in [-0.4, -0.2) is 17.4 Å². The van der Waals surface area contributed by atoms with Crippen LogP contribution in [0.2, 0.25) is 0 Å². The predicted molar refractivity (Wildman–Crippen MR) is 49.7 cm³/mol. The second-order valence-electron chi connectivity index (χ2n) is 2.71. The van der Waals surface area contributed by atoms with Gasteiger partial charge in [0.25, 0.3) is 0 Å². The van der Waals surface area contributed by atoms with E-state index in [0.29, 0.717) is 0 Å². The minimum absolute atomic E-state index is 0.161. The molecule has 0 aliphatic rings. The number of carbonyl (C=O) groups is 1. The fraction of sp³-hybridized carbons (Fsp3) is 0.200. The lowest BCUT2D eigenvalue weighted by atomic mass is 10.3. The Balaban J connectivity index is 2.64. The molecule has 0 saturated heterocycles. The second kappa shape index (κ2) is 5.05. The summed E-state index contributed by atoms with van der Waals surface area (Å²) in [6.07, 6.45) is 1.12. The molecule has 1 N–H and O–H groups in total. The van der Waals surface area contributed by atoms with Crippen LogP contribution in [0.25, 0.3) is 0 Å². The first kappa shape index (κ1) is 11.1.